The summed E-state index contributed by atoms with van der Waals surface area (Å²) < 4.78 is 10.4. The lowest BCUT2D eigenvalue weighted by Gasteiger charge is -2.54. The van der Waals surface area contributed by atoms with E-state index in [4.69, 9.17) is 9.47 Å². The molecule has 0 heterocycles. The zero-order chi connectivity index (χ0) is 15.5. The minimum atomic E-state index is -1.32. The number of carbonyl (C=O) groups excluding carboxylic acids is 2. The molecule has 2 saturated carbocycles. The Balaban J connectivity index is 2.36. The van der Waals surface area contributed by atoms with Crippen LogP contribution in [0.25, 0.3) is 0 Å². The quantitative estimate of drug-likeness (QED) is 0.806. The van der Waals surface area contributed by atoms with Crippen LogP contribution in [0.2, 0.25) is 0 Å². The highest BCUT2D eigenvalue weighted by molar-refractivity contribution is 5.82. The average Bonchev–Trinajstić information content (AvgIpc) is 2.46. The standard InChI is InChI=1S/C16H26O5/c1-3-20-13(17)12-8-7-10-15(14(18)21-4-2)9-5-6-11-16(12,15)19/h12,19H,3-11H2,1-2H3/t12-,15+,16+/m1/s1. The molecule has 5 heteroatoms. The summed E-state index contributed by atoms with van der Waals surface area (Å²) in [5.41, 5.74) is -2.25. The number of ether oxygens (including phenoxy) is 2. The zero-order valence-electron chi connectivity index (χ0n) is 13.0. The molecule has 5 nitrogen and oxygen atoms in total. The first-order chi connectivity index (χ1) is 10.0. The van der Waals surface area contributed by atoms with Crippen molar-refractivity contribution < 1.29 is 24.2 Å². The van der Waals surface area contributed by atoms with Gasteiger partial charge in [0.05, 0.1) is 30.1 Å². The summed E-state index contributed by atoms with van der Waals surface area (Å²) in [6.45, 7) is 4.10. The number of carbonyl (C=O) groups is 2. The van der Waals surface area contributed by atoms with Gasteiger partial charge in [-0.05, 0) is 39.5 Å². The van der Waals surface area contributed by atoms with E-state index >= 15 is 0 Å². The topological polar surface area (TPSA) is 72.8 Å². The van der Waals surface area contributed by atoms with Gasteiger partial charge in [-0.2, -0.15) is 0 Å². The largest absolute Gasteiger partial charge is 0.466 e. The summed E-state index contributed by atoms with van der Waals surface area (Å²) in [6, 6.07) is 0. The third kappa shape index (κ3) is 2.56. The average molecular weight is 298 g/mol. The normalized spacial score (nSPS) is 35.7. The lowest BCUT2D eigenvalue weighted by Crippen LogP contribution is -2.63. The van der Waals surface area contributed by atoms with Gasteiger partial charge in [-0.1, -0.05) is 19.3 Å². The molecule has 21 heavy (non-hydrogen) atoms. The molecule has 0 spiro atoms. The van der Waals surface area contributed by atoms with Crippen LogP contribution in [0.4, 0.5) is 0 Å². The number of aliphatic hydroxyl groups is 1. The van der Waals surface area contributed by atoms with Crippen LogP contribution >= 0.6 is 0 Å². The van der Waals surface area contributed by atoms with Crippen LogP contribution in [0.3, 0.4) is 0 Å². The first-order valence-corrected chi connectivity index (χ1v) is 8.08. The van der Waals surface area contributed by atoms with Crippen molar-refractivity contribution in [1.82, 2.24) is 0 Å². The molecule has 0 amide bonds. The molecule has 0 saturated heterocycles. The fourth-order valence-corrected chi connectivity index (χ4v) is 4.18. The van der Waals surface area contributed by atoms with Crippen molar-refractivity contribution in [1.29, 1.82) is 0 Å². The van der Waals surface area contributed by atoms with Crippen LogP contribution in [0.5, 0.6) is 0 Å². The van der Waals surface area contributed by atoms with Gasteiger partial charge in [-0.25, -0.2) is 0 Å². The van der Waals surface area contributed by atoms with Crippen molar-refractivity contribution in [3.63, 3.8) is 0 Å². The van der Waals surface area contributed by atoms with E-state index in [1.165, 1.54) is 0 Å². The van der Waals surface area contributed by atoms with Gasteiger partial charge in [-0.3, -0.25) is 9.59 Å². The summed E-state index contributed by atoms with van der Waals surface area (Å²) in [4.78, 5) is 24.8. The molecular weight excluding hydrogens is 272 g/mol. The van der Waals surface area contributed by atoms with Gasteiger partial charge in [0, 0.05) is 0 Å². The highest BCUT2D eigenvalue weighted by Crippen LogP contribution is 2.56. The number of esters is 2. The first kappa shape index (κ1) is 16.3. The van der Waals surface area contributed by atoms with E-state index in [1.807, 2.05) is 0 Å². The van der Waals surface area contributed by atoms with Crippen molar-refractivity contribution in [2.45, 2.75) is 64.4 Å². The lowest BCUT2D eigenvalue weighted by molar-refractivity contribution is -0.213. The Morgan fingerprint density at radius 1 is 1.05 bits per heavy atom. The maximum Gasteiger partial charge on any atom is 0.315 e. The zero-order valence-corrected chi connectivity index (χ0v) is 13.0. The van der Waals surface area contributed by atoms with Gasteiger partial charge < -0.3 is 14.6 Å². The van der Waals surface area contributed by atoms with E-state index in [-0.39, 0.29) is 18.5 Å². The third-order valence-corrected chi connectivity index (χ3v) is 5.15. The fourth-order valence-electron chi connectivity index (χ4n) is 4.18. The Hall–Kier alpha value is -1.10. The minimum Gasteiger partial charge on any atom is -0.466 e. The Labute approximate surface area is 126 Å². The number of fused-ring (bicyclic) bond motifs is 1. The molecule has 0 aliphatic heterocycles. The molecule has 3 atom stereocenters. The van der Waals surface area contributed by atoms with E-state index in [0.29, 0.717) is 32.3 Å². The van der Waals surface area contributed by atoms with Crippen LogP contribution < -0.4 is 0 Å². The van der Waals surface area contributed by atoms with Gasteiger partial charge in [0.15, 0.2) is 0 Å². The molecule has 2 aliphatic rings. The second-order valence-corrected chi connectivity index (χ2v) is 6.13. The molecule has 120 valence electrons. The van der Waals surface area contributed by atoms with Gasteiger partial charge in [-0.15, -0.1) is 0 Å². The van der Waals surface area contributed by atoms with Gasteiger partial charge in [0.2, 0.25) is 0 Å². The molecule has 0 aromatic carbocycles. The van der Waals surface area contributed by atoms with Gasteiger partial charge in [0.25, 0.3) is 0 Å². The maximum absolute atomic E-state index is 12.6. The molecule has 2 fully saturated rings. The van der Waals surface area contributed by atoms with E-state index in [9.17, 15) is 14.7 Å². The molecule has 2 aliphatic carbocycles. The molecule has 0 unspecified atom stereocenters. The predicted octanol–water partition coefficient (Wildman–Crippen LogP) is 2.20. The monoisotopic (exact) mass is 298 g/mol. The molecular formula is C16H26O5. The Morgan fingerprint density at radius 2 is 1.67 bits per heavy atom. The number of hydrogen-bond acceptors (Lipinski definition) is 5. The second-order valence-electron chi connectivity index (χ2n) is 6.13. The van der Waals surface area contributed by atoms with Crippen molar-refractivity contribution in [2.24, 2.45) is 11.3 Å². The fraction of sp³-hybridized carbons (Fsp3) is 0.875. The van der Waals surface area contributed by atoms with Crippen molar-refractivity contribution in [3.05, 3.63) is 0 Å². The third-order valence-electron chi connectivity index (χ3n) is 5.15. The SMILES string of the molecule is CCOC(=O)[C@H]1CCC[C@]2(C(=O)OCC)CCCC[C@]12O. The van der Waals surface area contributed by atoms with Crippen LogP contribution in [-0.4, -0.2) is 35.9 Å². The van der Waals surface area contributed by atoms with Crippen LogP contribution in [0, 0.1) is 11.3 Å². The molecule has 0 bridgehead atoms. The van der Waals surface area contributed by atoms with Gasteiger partial charge in [0.1, 0.15) is 0 Å². The molecule has 1 N–H and O–H groups in total. The molecule has 0 aromatic rings. The van der Waals surface area contributed by atoms with Crippen molar-refractivity contribution in [2.75, 3.05) is 13.2 Å². The van der Waals surface area contributed by atoms with Crippen LogP contribution in [0.1, 0.15) is 58.8 Å². The predicted molar refractivity (Wildman–Crippen MR) is 76.5 cm³/mol. The Morgan fingerprint density at radius 3 is 2.33 bits per heavy atom. The Kier molecular flexibility index (Phi) is 4.91. The summed E-state index contributed by atoms with van der Waals surface area (Å²) >= 11 is 0. The molecule has 0 radical (unpaired) electrons. The highest BCUT2D eigenvalue weighted by Gasteiger charge is 2.64. The summed E-state index contributed by atoms with van der Waals surface area (Å²) in [6.07, 6.45) is 4.69. The maximum atomic E-state index is 12.6. The Bertz CT molecular complexity index is 403. The van der Waals surface area contributed by atoms with E-state index in [0.717, 1.165) is 19.3 Å². The van der Waals surface area contributed by atoms with Crippen molar-refractivity contribution >= 4 is 11.9 Å². The minimum absolute atomic E-state index is 0.290. The first-order valence-electron chi connectivity index (χ1n) is 8.08. The summed E-state index contributed by atoms with van der Waals surface area (Å²) in [5, 5.41) is 11.3. The van der Waals surface area contributed by atoms with Crippen LogP contribution in [-0.2, 0) is 19.1 Å². The smallest absolute Gasteiger partial charge is 0.315 e. The molecule has 2 rings (SSSR count). The highest BCUT2D eigenvalue weighted by atomic mass is 16.5. The van der Waals surface area contributed by atoms with E-state index in [1.54, 1.807) is 13.8 Å². The number of hydrogen-bond donors (Lipinski definition) is 1. The lowest BCUT2D eigenvalue weighted by atomic mass is 9.52. The molecule has 0 aromatic heterocycles. The van der Waals surface area contributed by atoms with Crippen molar-refractivity contribution in [3.8, 4) is 0 Å². The van der Waals surface area contributed by atoms with Gasteiger partial charge >= 0.3 is 11.9 Å². The second kappa shape index (κ2) is 6.34. The van der Waals surface area contributed by atoms with E-state index in [2.05, 4.69) is 0 Å². The number of rotatable bonds is 4. The summed E-state index contributed by atoms with van der Waals surface area (Å²) in [7, 11) is 0. The van der Waals surface area contributed by atoms with Crippen LogP contribution in [0.15, 0.2) is 0 Å². The summed E-state index contributed by atoms with van der Waals surface area (Å²) in [5.74, 6) is -1.34. The van der Waals surface area contributed by atoms with E-state index < -0.39 is 16.9 Å².